The number of rotatable bonds is 5. The van der Waals surface area contributed by atoms with Crippen LogP contribution in [0.25, 0.3) is 5.69 Å². The Balaban J connectivity index is 1.47. The van der Waals surface area contributed by atoms with E-state index in [0.717, 1.165) is 18.5 Å². The maximum absolute atomic E-state index is 13.5. The zero-order valence-corrected chi connectivity index (χ0v) is 14.8. The van der Waals surface area contributed by atoms with Gasteiger partial charge in [0.05, 0.1) is 23.5 Å². The Labute approximate surface area is 154 Å². The van der Waals surface area contributed by atoms with Crippen LogP contribution in [0.2, 0.25) is 5.02 Å². The highest BCUT2D eigenvalue weighted by Crippen LogP contribution is 2.39. The minimum atomic E-state index is -0.443. The third-order valence-electron chi connectivity index (χ3n) is 4.46. The van der Waals surface area contributed by atoms with Gasteiger partial charge in [-0.25, -0.2) is 9.07 Å². The molecule has 1 saturated carbocycles. The molecule has 2 heterocycles. The van der Waals surface area contributed by atoms with Crippen LogP contribution in [-0.2, 0) is 4.79 Å². The van der Waals surface area contributed by atoms with E-state index >= 15 is 0 Å². The second-order valence-electron chi connectivity index (χ2n) is 6.54. The second-order valence-corrected chi connectivity index (χ2v) is 6.97. The number of hydrogen-bond donors (Lipinski definition) is 2. The zero-order valence-electron chi connectivity index (χ0n) is 14.0. The lowest BCUT2D eigenvalue weighted by Gasteiger charge is -2.08. The average Bonchev–Trinajstić information content (AvgIpc) is 3.15. The van der Waals surface area contributed by atoms with Gasteiger partial charge in [-0.3, -0.25) is 9.89 Å². The van der Waals surface area contributed by atoms with Crippen molar-refractivity contribution >= 4 is 23.3 Å². The first kappa shape index (κ1) is 16.8. The number of anilines is 1. The molecule has 1 aliphatic rings. The highest BCUT2D eigenvalue weighted by molar-refractivity contribution is 6.30. The van der Waals surface area contributed by atoms with Crippen LogP contribution >= 0.6 is 11.6 Å². The molecule has 0 unspecified atom stereocenters. The quantitative estimate of drug-likeness (QED) is 0.709. The summed E-state index contributed by atoms with van der Waals surface area (Å²) in [7, 11) is 0. The van der Waals surface area contributed by atoms with Gasteiger partial charge in [-0.1, -0.05) is 11.6 Å². The van der Waals surface area contributed by atoms with Gasteiger partial charge in [-0.15, -0.1) is 0 Å². The summed E-state index contributed by atoms with van der Waals surface area (Å²) >= 11 is 5.88. The molecule has 2 N–H and O–H groups in total. The summed E-state index contributed by atoms with van der Waals surface area (Å²) in [6, 6.07) is 6.04. The fourth-order valence-electron chi connectivity index (χ4n) is 2.75. The van der Waals surface area contributed by atoms with Crippen molar-refractivity contribution in [3.8, 4) is 5.69 Å². The Morgan fingerprint density at radius 3 is 2.92 bits per heavy atom. The number of benzene rings is 1. The summed E-state index contributed by atoms with van der Waals surface area (Å²) in [5.41, 5.74) is 2.20. The Morgan fingerprint density at radius 1 is 1.38 bits per heavy atom. The number of aromatic nitrogens is 4. The van der Waals surface area contributed by atoms with Crippen molar-refractivity contribution < 1.29 is 9.18 Å². The number of nitrogens with zero attached hydrogens (tertiary/aromatic N) is 3. The number of H-pyrrole nitrogens is 1. The summed E-state index contributed by atoms with van der Waals surface area (Å²) in [5, 5.41) is 14.4. The fraction of sp³-hybridized carbons (Fsp3) is 0.278. The number of aromatic amines is 1. The van der Waals surface area contributed by atoms with E-state index in [4.69, 9.17) is 11.6 Å². The summed E-state index contributed by atoms with van der Waals surface area (Å²) < 4.78 is 15.0. The fourth-order valence-corrected chi connectivity index (χ4v) is 2.97. The normalized spacial score (nSPS) is 15.0. The third-order valence-corrected chi connectivity index (χ3v) is 4.68. The van der Waals surface area contributed by atoms with Crippen LogP contribution in [0, 0.1) is 5.82 Å². The lowest BCUT2D eigenvalue weighted by molar-refractivity contribution is -0.117. The molecule has 0 bridgehead atoms. The molecule has 1 fully saturated rings. The summed E-state index contributed by atoms with van der Waals surface area (Å²) in [4.78, 5) is 12.5. The Kier molecular flexibility index (Phi) is 4.24. The molecule has 3 aromatic rings. The van der Waals surface area contributed by atoms with Gasteiger partial charge in [0.15, 0.2) is 0 Å². The zero-order chi connectivity index (χ0) is 18.3. The van der Waals surface area contributed by atoms with E-state index < -0.39 is 11.7 Å². The molecule has 4 rings (SSSR count). The Bertz CT molecular complexity index is 942. The summed E-state index contributed by atoms with van der Waals surface area (Å²) in [6.45, 7) is 1.79. The smallest absolute Gasteiger partial charge is 0.232 e. The van der Waals surface area contributed by atoms with Gasteiger partial charge in [0, 0.05) is 28.8 Å². The van der Waals surface area contributed by atoms with Crippen LogP contribution in [0.15, 0.2) is 36.7 Å². The standard InChI is InChI=1S/C18H17ClFN5O/c1-10(18(26)22-17-7-16(23-24-17)11-2-3-11)12-8-21-25(9-12)15-5-13(19)4-14(20)6-15/h4-11H,2-3H2,1H3,(H2,22,23,24,26)/t10-/m0/s1. The Hall–Kier alpha value is -2.67. The first-order valence-corrected chi connectivity index (χ1v) is 8.74. The molecular weight excluding hydrogens is 357 g/mol. The van der Waals surface area contributed by atoms with Crippen molar-refractivity contribution in [2.75, 3.05) is 5.32 Å². The molecule has 0 spiro atoms. The van der Waals surface area contributed by atoms with Gasteiger partial charge in [-0.05, 0) is 38.0 Å². The van der Waals surface area contributed by atoms with Crippen LogP contribution in [0.3, 0.4) is 0 Å². The number of hydrogen-bond acceptors (Lipinski definition) is 3. The molecule has 8 heteroatoms. The van der Waals surface area contributed by atoms with E-state index in [1.807, 2.05) is 6.07 Å². The molecule has 0 saturated heterocycles. The predicted octanol–water partition coefficient (Wildman–Crippen LogP) is 4.01. The average molecular weight is 374 g/mol. The van der Waals surface area contributed by atoms with Crippen molar-refractivity contribution in [3.63, 3.8) is 0 Å². The molecule has 1 atom stereocenters. The molecule has 2 aromatic heterocycles. The second kappa shape index (κ2) is 6.57. The van der Waals surface area contributed by atoms with Gasteiger partial charge in [0.25, 0.3) is 0 Å². The first-order valence-electron chi connectivity index (χ1n) is 8.37. The van der Waals surface area contributed by atoms with Gasteiger partial charge >= 0.3 is 0 Å². The molecule has 26 heavy (non-hydrogen) atoms. The van der Waals surface area contributed by atoms with Gasteiger partial charge in [-0.2, -0.15) is 10.2 Å². The van der Waals surface area contributed by atoms with Crippen LogP contribution in [0.4, 0.5) is 10.2 Å². The monoisotopic (exact) mass is 373 g/mol. The molecular formula is C18H17ClFN5O. The number of halogens is 2. The van der Waals surface area contributed by atoms with Crippen LogP contribution in [0.1, 0.15) is 42.9 Å². The number of carbonyl (C=O) groups excluding carboxylic acids is 1. The largest absolute Gasteiger partial charge is 0.311 e. The Morgan fingerprint density at radius 2 is 2.19 bits per heavy atom. The molecule has 1 amide bonds. The topological polar surface area (TPSA) is 75.6 Å². The number of nitrogens with one attached hydrogen (secondary N) is 2. The number of carbonyl (C=O) groups is 1. The lowest BCUT2D eigenvalue weighted by Crippen LogP contribution is -2.18. The summed E-state index contributed by atoms with van der Waals surface area (Å²) in [6.07, 6.45) is 5.58. The maximum Gasteiger partial charge on any atom is 0.232 e. The molecule has 0 aliphatic heterocycles. The molecule has 0 radical (unpaired) electrons. The van der Waals surface area contributed by atoms with E-state index in [2.05, 4.69) is 20.6 Å². The predicted molar refractivity (Wildman–Crippen MR) is 96.1 cm³/mol. The van der Waals surface area contributed by atoms with Crippen LogP contribution in [0.5, 0.6) is 0 Å². The molecule has 1 aromatic carbocycles. The van der Waals surface area contributed by atoms with E-state index in [9.17, 15) is 9.18 Å². The van der Waals surface area contributed by atoms with Gasteiger partial charge in [0.2, 0.25) is 5.91 Å². The molecule has 1 aliphatic carbocycles. The van der Waals surface area contributed by atoms with Crippen molar-refractivity contribution in [1.82, 2.24) is 20.0 Å². The van der Waals surface area contributed by atoms with Gasteiger partial charge < -0.3 is 5.32 Å². The minimum Gasteiger partial charge on any atom is -0.311 e. The van der Waals surface area contributed by atoms with Crippen LogP contribution < -0.4 is 5.32 Å². The summed E-state index contributed by atoms with van der Waals surface area (Å²) in [5.74, 6) is 0.0630. The van der Waals surface area contributed by atoms with Crippen molar-refractivity contribution in [2.24, 2.45) is 0 Å². The number of amides is 1. The molecule has 6 nitrogen and oxygen atoms in total. The highest BCUT2D eigenvalue weighted by atomic mass is 35.5. The van der Waals surface area contributed by atoms with Crippen molar-refractivity contribution in [1.29, 1.82) is 0 Å². The van der Waals surface area contributed by atoms with Gasteiger partial charge in [0.1, 0.15) is 11.6 Å². The molecule has 134 valence electrons. The van der Waals surface area contributed by atoms with E-state index in [1.54, 1.807) is 25.4 Å². The first-order chi connectivity index (χ1) is 12.5. The maximum atomic E-state index is 13.5. The van der Waals surface area contributed by atoms with E-state index in [-0.39, 0.29) is 10.9 Å². The minimum absolute atomic E-state index is 0.173. The van der Waals surface area contributed by atoms with E-state index in [0.29, 0.717) is 23.0 Å². The lowest BCUT2D eigenvalue weighted by atomic mass is 10.0. The van der Waals surface area contributed by atoms with Crippen molar-refractivity contribution in [3.05, 3.63) is 58.8 Å². The SMILES string of the molecule is C[C@H](C(=O)Nc1cc(C2CC2)n[nH]1)c1cnn(-c2cc(F)cc(Cl)c2)c1. The highest BCUT2D eigenvalue weighted by Gasteiger charge is 2.26. The van der Waals surface area contributed by atoms with Crippen LogP contribution in [-0.4, -0.2) is 25.9 Å². The van der Waals surface area contributed by atoms with Crippen molar-refractivity contribution in [2.45, 2.75) is 31.6 Å². The third kappa shape index (κ3) is 3.48. The van der Waals surface area contributed by atoms with E-state index in [1.165, 1.54) is 16.8 Å².